The second-order valence-corrected chi connectivity index (χ2v) is 4.07. The van der Waals surface area contributed by atoms with Crippen LogP contribution in [0.15, 0.2) is 40.9 Å². The third kappa shape index (κ3) is 2.05. The molecule has 1 amide bonds. The smallest absolute Gasteiger partial charge is 0.279 e. The SMILES string of the molecule is CC1=CC(c2ccc(Cl)cc2)=NC(=O)C1O. The predicted molar refractivity (Wildman–Crippen MR) is 62.8 cm³/mol. The van der Waals surface area contributed by atoms with Gasteiger partial charge in [-0.15, -0.1) is 0 Å². The molecule has 0 aliphatic carbocycles. The molecule has 0 aromatic heterocycles. The summed E-state index contributed by atoms with van der Waals surface area (Å²) < 4.78 is 0. The van der Waals surface area contributed by atoms with E-state index in [9.17, 15) is 9.90 Å². The normalized spacial score (nSPS) is 20.4. The maximum atomic E-state index is 11.4. The van der Waals surface area contributed by atoms with Gasteiger partial charge in [0.15, 0.2) is 6.10 Å². The Bertz CT molecular complexity index is 488. The number of aliphatic imine (C=N–C) groups is 1. The van der Waals surface area contributed by atoms with Gasteiger partial charge in [-0.25, -0.2) is 4.99 Å². The van der Waals surface area contributed by atoms with Crippen molar-refractivity contribution in [2.24, 2.45) is 4.99 Å². The minimum Gasteiger partial charge on any atom is -0.379 e. The molecule has 1 heterocycles. The molecule has 0 saturated heterocycles. The summed E-state index contributed by atoms with van der Waals surface area (Å²) in [7, 11) is 0. The van der Waals surface area contributed by atoms with Crippen LogP contribution < -0.4 is 0 Å². The summed E-state index contributed by atoms with van der Waals surface area (Å²) in [6, 6.07) is 7.04. The number of rotatable bonds is 1. The molecule has 1 aromatic carbocycles. The molecule has 16 heavy (non-hydrogen) atoms. The molecule has 1 N–H and O–H groups in total. The van der Waals surface area contributed by atoms with Crippen LogP contribution in [0.2, 0.25) is 5.02 Å². The number of benzene rings is 1. The lowest BCUT2D eigenvalue weighted by Crippen LogP contribution is -2.25. The van der Waals surface area contributed by atoms with E-state index in [0.29, 0.717) is 16.3 Å². The summed E-state index contributed by atoms with van der Waals surface area (Å²) in [5, 5.41) is 10.0. The van der Waals surface area contributed by atoms with Gasteiger partial charge in [0.25, 0.3) is 5.91 Å². The zero-order chi connectivity index (χ0) is 11.7. The molecule has 1 unspecified atom stereocenters. The molecule has 1 atom stereocenters. The molecule has 1 aromatic rings. The zero-order valence-electron chi connectivity index (χ0n) is 8.64. The van der Waals surface area contributed by atoms with Crippen molar-refractivity contribution >= 4 is 23.2 Å². The molecule has 3 nitrogen and oxygen atoms in total. The van der Waals surface area contributed by atoms with Crippen molar-refractivity contribution in [2.75, 3.05) is 0 Å². The van der Waals surface area contributed by atoms with E-state index in [0.717, 1.165) is 5.56 Å². The third-order valence-corrected chi connectivity index (χ3v) is 2.65. The Morgan fingerprint density at radius 2 is 1.94 bits per heavy atom. The second kappa shape index (κ2) is 4.20. The van der Waals surface area contributed by atoms with E-state index >= 15 is 0 Å². The second-order valence-electron chi connectivity index (χ2n) is 3.63. The maximum absolute atomic E-state index is 11.4. The van der Waals surface area contributed by atoms with Crippen LogP contribution in [0.25, 0.3) is 0 Å². The minimum atomic E-state index is -1.10. The van der Waals surface area contributed by atoms with E-state index in [-0.39, 0.29) is 0 Å². The summed E-state index contributed by atoms with van der Waals surface area (Å²) in [6.07, 6.45) is 0.603. The van der Waals surface area contributed by atoms with Crippen molar-refractivity contribution in [2.45, 2.75) is 13.0 Å². The van der Waals surface area contributed by atoms with Gasteiger partial charge in [-0.3, -0.25) is 4.79 Å². The Morgan fingerprint density at radius 1 is 1.31 bits per heavy atom. The lowest BCUT2D eigenvalue weighted by Gasteiger charge is -2.14. The van der Waals surface area contributed by atoms with E-state index in [1.165, 1.54) is 0 Å². The number of halogens is 1. The summed E-state index contributed by atoms with van der Waals surface area (Å²) in [5.74, 6) is -0.523. The van der Waals surface area contributed by atoms with Crippen LogP contribution in [0.3, 0.4) is 0 Å². The lowest BCUT2D eigenvalue weighted by molar-refractivity contribution is -0.124. The number of dihydropyridines is 1. The third-order valence-electron chi connectivity index (χ3n) is 2.40. The first-order valence-corrected chi connectivity index (χ1v) is 5.20. The van der Waals surface area contributed by atoms with Crippen LogP contribution in [0.5, 0.6) is 0 Å². The standard InChI is InChI=1S/C12H10ClNO2/c1-7-6-10(14-12(16)11(7)15)8-2-4-9(13)5-3-8/h2-6,11,15H,1H3. The van der Waals surface area contributed by atoms with E-state index in [1.807, 2.05) is 0 Å². The van der Waals surface area contributed by atoms with Gasteiger partial charge in [-0.05, 0) is 30.7 Å². The summed E-state index contributed by atoms with van der Waals surface area (Å²) >= 11 is 5.77. The fourth-order valence-corrected chi connectivity index (χ4v) is 1.60. The van der Waals surface area contributed by atoms with Crippen LogP contribution in [0.1, 0.15) is 12.5 Å². The number of carbonyl (C=O) groups is 1. The van der Waals surface area contributed by atoms with E-state index in [4.69, 9.17) is 11.6 Å². The Morgan fingerprint density at radius 3 is 2.50 bits per heavy atom. The quantitative estimate of drug-likeness (QED) is 0.809. The number of allylic oxidation sites excluding steroid dienone is 1. The minimum absolute atomic E-state index is 0.523. The zero-order valence-corrected chi connectivity index (χ0v) is 9.40. The highest BCUT2D eigenvalue weighted by Crippen LogP contribution is 2.16. The van der Waals surface area contributed by atoms with Gasteiger partial charge in [0.1, 0.15) is 0 Å². The number of aliphatic hydroxyl groups is 1. The Kier molecular flexibility index (Phi) is 2.90. The van der Waals surface area contributed by atoms with Gasteiger partial charge in [-0.2, -0.15) is 0 Å². The van der Waals surface area contributed by atoms with Gasteiger partial charge in [0.2, 0.25) is 0 Å². The van der Waals surface area contributed by atoms with Crippen LogP contribution in [-0.2, 0) is 4.79 Å². The highest BCUT2D eigenvalue weighted by Gasteiger charge is 2.21. The van der Waals surface area contributed by atoms with Crippen molar-refractivity contribution in [3.8, 4) is 0 Å². The first kappa shape index (κ1) is 11.0. The van der Waals surface area contributed by atoms with Crippen molar-refractivity contribution in [3.63, 3.8) is 0 Å². The number of carbonyl (C=O) groups excluding carboxylic acids is 1. The molecule has 0 fully saturated rings. The van der Waals surface area contributed by atoms with E-state index < -0.39 is 12.0 Å². The molecule has 0 spiro atoms. The Labute approximate surface area is 98.1 Å². The van der Waals surface area contributed by atoms with Gasteiger partial charge in [-0.1, -0.05) is 23.7 Å². The van der Waals surface area contributed by atoms with Crippen LogP contribution in [0.4, 0.5) is 0 Å². The van der Waals surface area contributed by atoms with Gasteiger partial charge >= 0.3 is 0 Å². The lowest BCUT2D eigenvalue weighted by atomic mass is 10.0. The highest BCUT2D eigenvalue weighted by molar-refractivity contribution is 6.30. The van der Waals surface area contributed by atoms with Crippen LogP contribution in [-0.4, -0.2) is 22.8 Å². The van der Waals surface area contributed by atoms with Crippen molar-refractivity contribution in [1.29, 1.82) is 0 Å². The van der Waals surface area contributed by atoms with E-state index in [2.05, 4.69) is 4.99 Å². The van der Waals surface area contributed by atoms with Crippen LogP contribution in [0, 0.1) is 0 Å². The molecule has 0 bridgehead atoms. The summed E-state index contributed by atoms with van der Waals surface area (Å²) in [6.45, 7) is 1.70. The average Bonchev–Trinajstić information content (AvgIpc) is 2.26. The number of aliphatic hydroxyl groups excluding tert-OH is 1. The fourth-order valence-electron chi connectivity index (χ4n) is 1.47. The summed E-state index contributed by atoms with van der Waals surface area (Å²) in [4.78, 5) is 15.2. The topological polar surface area (TPSA) is 49.7 Å². The highest BCUT2D eigenvalue weighted by atomic mass is 35.5. The molecule has 82 valence electrons. The predicted octanol–water partition coefficient (Wildman–Crippen LogP) is 1.98. The maximum Gasteiger partial charge on any atom is 0.279 e. The monoisotopic (exact) mass is 235 g/mol. The molecule has 1 aliphatic rings. The molecular formula is C12H10ClNO2. The molecular weight excluding hydrogens is 226 g/mol. The van der Waals surface area contributed by atoms with Crippen molar-refractivity contribution < 1.29 is 9.90 Å². The number of amides is 1. The number of hydrogen-bond donors (Lipinski definition) is 1. The number of nitrogens with zero attached hydrogens (tertiary/aromatic N) is 1. The summed E-state index contributed by atoms with van der Waals surface area (Å²) in [5.41, 5.74) is 1.97. The van der Waals surface area contributed by atoms with Gasteiger partial charge < -0.3 is 5.11 Å². The average molecular weight is 236 g/mol. The molecule has 0 radical (unpaired) electrons. The first-order valence-electron chi connectivity index (χ1n) is 4.82. The Hall–Kier alpha value is -1.45. The van der Waals surface area contributed by atoms with Gasteiger partial charge in [0, 0.05) is 10.6 Å². The van der Waals surface area contributed by atoms with Crippen LogP contribution >= 0.6 is 11.6 Å². The Balaban J connectivity index is 2.39. The van der Waals surface area contributed by atoms with Gasteiger partial charge in [0.05, 0.1) is 5.71 Å². The fraction of sp³-hybridized carbons (Fsp3) is 0.167. The first-order chi connectivity index (χ1) is 7.58. The molecule has 1 aliphatic heterocycles. The van der Waals surface area contributed by atoms with Crippen molar-refractivity contribution in [1.82, 2.24) is 0 Å². The largest absolute Gasteiger partial charge is 0.379 e. The molecule has 0 saturated carbocycles. The molecule has 4 heteroatoms. The number of hydrogen-bond acceptors (Lipinski definition) is 2. The van der Waals surface area contributed by atoms with E-state index in [1.54, 1.807) is 37.3 Å². The van der Waals surface area contributed by atoms with Crippen molar-refractivity contribution in [3.05, 3.63) is 46.5 Å². The molecule has 2 rings (SSSR count).